The molecule has 0 radical (unpaired) electrons. The van der Waals surface area contributed by atoms with Gasteiger partial charge in [-0.25, -0.2) is 9.59 Å². The lowest BCUT2D eigenvalue weighted by Gasteiger charge is -2.30. The van der Waals surface area contributed by atoms with Crippen molar-refractivity contribution in [2.45, 2.75) is 70.4 Å². The minimum Gasteiger partial charge on any atom is -0.480 e. The number of nitrogens with one attached hydrogen (secondary N) is 2. The third kappa shape index (κ3) is 5.24. The summed E-state index contributed by atoms with van der Waals surface area (Å²) >= 11 is 0. The summed E-state index contributed by atoms with van der Waals surface area (Å²) in [4.78, 5) is 37.5. The second-order valence-electron chi connectivity index (χ2n) is 8.75. The number of unbranched alkanes of at least 4 members (excludes halogenated alkanes) is 1. The lowest BCUT2D eigenvalue weighted by atomic mass is 9.92. The molecular weight excluding hydrogens is 432 g/mol. The maximum atomic E-state index is 13.0. The summed E-state index contributed by atoms with van der Waals surface area (Å²) in [7, 11) is 0. The Morgan fingerprint density at radius 2 is 1.53 bits per heavy atom. The maximum absolute atomic E-state index is 13.0. The van der Waals surface area contributed by atoms with E-state index in [-0.39, 0.29) is 25.4 Å². The van der Waals surface area contributed by atoms with Gasteiger partial charge in [0, 0.05) is 5.92 Å². The monoisotopic (exact) mass is 466 g/mol. The van der Waals surface area contributed by atoms with E-state index in [1.165, 1.54) is 0 Å². The minimum absolute atomic E-state index is 0.0825. The van der Waals surface area contributed by atoms with E-state index in [1.807, 2.05) is 43.3 Å². The Bertz CT molecular complexity index is 986. The van der Waals surface area contributed by atoms with Crippen molar-refractivity contribution >= 4 is 18.0 Å². The highest BCUT2D eigenvalue weighted by molar-refractivity contribution is 5.91. The van der Waals surface area contributed by atoms with Crippen LogP contribution in [0.25, 0.3) is 11.1 Å². The number of hydrogen-bond acceptors (Lipinski definition) is 4. The fourth-order valence-corrected chi connectivity index (χ4v) is 4.57. The first-order valence-electron chi connectivity index (χ1n) is 12.0. The number of aliphatic carboxylic acids is 1. The van der Waals surface area contributed by atoms with Crippen LogP contribution < -0.4 is 10.6 Å². The highest BCUT2D eigenvalue weighted by Gasteiger charge is 2.38. The zero-order valence-electron chi connectivity index (χ0n) is 20.1. The summed E-state index contributed by atoms with van der Waals surface area (Å²) in [5.74, 6) is -1.67. The first-order valence-corrected chi connectivity index (χ1v) is 12.0. The van der Waals surface area contributed by atoms with Crippen LogP contribution in [-0.2, 0) is 14.3 Å². The van der Waals surface area contributed by atoms with Crippen molar-refractivity contribution in [2.24, 2.45) is 0 Å². The number of rotatable bonds is 11. The van der Waals surface area contributed by atoms with Crippen molar-refractivity contribution in [1.29, 1.82) is 0 Å². The van der Waals surface area contributed by atoms with E-state index >= 15 is 0 Å². The van der Waals surface area contributed by atoms with Gasteiger partial charge < -0.3 is 20.5 Å². The molecule has 0 saturated heterocycles. The molecule has 2 aromatic rings. The molecule has 3 rings (SSSR count). The Morgan fingerprint density at radius 1 is 0.971 bits per heavy atom. The van der Waals surface area contributed by atoms with Crippen LogP contribution >= 0.6 is 0 Å². The zero-order chi connectivity index (χ0) is 24.7. The van der Waals surface area contributed by atoms with Crippen LogP contribution in [0, 0.1) is 0 Å². The maximum Gasteiger partial charge on any atom is 0.407 e. The number of hydrogen-bond donors (Lipinski definition) is 3. The standard InChI is InChI=1S/C27H34N2O5/c1-4-7-16-23(24(30)29-27(5-2,6-3)25(31)32)28-26(33)34-17-22-20-14-10-8-12-18(20)19-13-9-11-15-21(19)22/h8-15,22-23H,4-7,16-17H2,1-3H3,(H,28,33)(H,29,30)(H,31,32). The number of ether oxygens (including phenoxy) is 1. The normalized spacial score (nSPS) is 13.5. The molecule has 0 saturated carbocycles. The Hall–Kier alpha value is -3.35. The fraction of sp³-hybridized carbons (Fsp3) is 0.444. The highest BCUT2D eigenvalue weighted by Crippen LogP contribution is 2.44. The lowest BCUT2D eigenvalue weighted by molar-refractivity contribution is -0.148. The van der Waals surface area contributed by atoms with Crippen molar-refractivity contribution in [2.75, 3.05) is 6.61 Å². The molecule has 1 aliphatic rings. The summed E-state index contributed by atoms with van der Waals surface area (Å²) in [5.41, 5.74) is 3.13. The second-order valence-corrected chi connectivity index (χ2v) is 8.75. The van der Waals surface area contributed by atoms with Gasteiger partial charge in [0.05, 0.1) is 0 Å². The van der Waals surface area contributed by atoms with Gasteiger partial charge in [0.15, 0.2) is 0 Å². The van der Waals surface area contributed by atoms with Gasteiger partial charge >= 0.3 is 12.1 Å². The minimum atomic E-state index is -1.36. The van der Waals surface area contributed by atoms with Crippen LogP contribution in [0.5, 0.6) is 0 Å². The van der Waals surface area contributed by atoms with E-state index in [9.17, 15) is 19.5 Å². The van der Waals surface area contributed by atoms with Crippen LogP contribution in [0.1, 0.15) is 69.9 Å². The number of fused-ring (bicyclic) bond motifs is 3. The average molecular weight is 467 g/mol. The Kier molecular flexibility index (Phi) is 8.31. The SMILES string of the molecule is CCCCC(NC(=O)OCC1c2ccccc2-c2ccccc21)C(=O)NC(CC)(CC)C(=O)O. The van der Waals surface area contributed by atoms with Crippen molar-refractivity contribution in [3.05, 3.63) is 59.7 Å². The van der Waals surface area contributed by atoms with E-state index in [0.29, 0.717) is 12.8 Å². The van der Waals surface area contributed by atoms with Gasteiger partial charge in [-0.3, -0.25) is 4.79 Å². The molecule has 1 unspecified atom stereocenters. The quantitative estimate of drug-likeness (QED) is 0.439. The highest BCUT2D eigenvalue weighted by atomic mass is 16.5. The largest absolute Gasteiger partial charge is 0.480 e. The Labute approximate surface area is 200 Å². The van der Waals surface area contributed by atoms with Gasteiger partial charge in [-0.15, -0.1) is 0 Å². The number of amides is 2. The molecule has 0 aromatic heterocycles. The number of carboxylic acid groups (broad SMARTS) is 1. The third-order valence-electron chi connectivity index (χ3n) is 6.78. The first-order chi connectivity index (χ1) is 16.4. The van der Waals surface area contributed by atoms with Gasteiger partial charge in [-0.2, -0.15) is 0 Å². The molecule has 0 aliphatic heterocycles. The molecule has 2 amide bonds. The van der Waals surface area contributed by atoms with E-state index in [2.05, 4.69) is 22.8 Å². The molecule has 1 aliphatic carbocycles. The summed E-state index contributed by atoms with van der Waals surface area (Å²) in [6.45, 7) is 5.57. The molecular formula is C27H34N2O5. The van der Waals surface area contributed by atoms with Crippen molar-refractivity contribution in [3.8, 4) is 11.1 Å². The fourth-order valence-electron chi connectivity index (χ4n) is 4.57. The number of carbonyl (C=O) groups is 3. The van der Waals surface area contributed by atoms with Crippen LogP contribution in [0.2, 0.25) is 0 Å². The second kappa shape index (κ2) is 11.2. The number of benzene rings is 2. The molecule has 34 heavy (non-hydrogen) atoms. The van der Waals surface area contributed by atoms with Crippen molar-refractivity contribution in [3.63, 3.8) is 0 Å². The van der Waals surface area contributed by atoms with Gasteiger partial charge in [0.2, 0.25) is 5.91 Å². The average Bonchev–Trinajstić information content (AvgIpc) is 3.17. The third-order valence-corrected chi connectivity index (χ3v) is 6.78. The molecule has 0 bridgehead atoms. The molecule has 2 aromatic carbocycles. The molecule has 7 nitrogen and oxygen atoms in total. The summed E-state index contributed by atoms with van der Waals surface area (Å²) in [5, 5.41) is 15.0. The lowest BCUT2D eigenvalue weighted by Crippen LogP contribution is -2.59. The van der Waals surface area contributed by atoms with E-state index in [4.69, 9.17) is 4.74 Å². The van der Waals surface area contributed by atoms with Crippen LogP contribution in [-0.4, -0.2) is 41.3 Å². The molecule has 0 spiro atoms. The van der Waals surface area contributed by atoms with Gasteiger partial charge in [0.25, 0.3) is 0 Å². The van der Waals surface area contributed by atoms with Gasteiger partial charge in [-0.1, -0.05) is 82.1 Å². The summed E-state index contributed by atoms with van der Waals surface area (Å²) in [6, 6.07) is 15.3. The van der Waals surface area contributed by atoms with Gasteiger partial charge in [0.1, 0.15) is 18.2 Å². The molecule has 182 valence electrons. The predicted octanol–water partition coefficient (Wildman–Crippen LogP) is 4.84. The Balaban J connectivity index is 1.69. The summed E-state index contributed by atoms with van der Waals surface area (Å²) < 4.78 is 5.58. The van der Waals surface area contributed by atoms with E-state index in [0.717, 1.165) is 28.7 Å². The van der Waals surface area contributed by atoms with E-state index in [1.54, 1.807) is 13.8 Å². The smallest absolute Gasteiger partial charge is 0.407 e. The molecule has 0 fully saturated rings. The van der Waals surface area contributed by atoms with Gasteiger partial charge in [-0.05, 0) is 41.5 Å². The van der Waals surface area contributed by atoms with Crippen LogP contribution in [0.4, 0.5) is 4.79 Å². The molecule has 1 atom stereocenters. The van der Waals surface area contributed by atoms with Crippen LogP contribution in [0.3, 0.4) is 0 Å². The predicted molar refractivity (Wildman–Crippen MR) is 131 cm³/mol. The number of carboxylic acids is 1. The molecule has 0 heterocycles. The topological polar surface area (TPSA) is 105 Å². The van der Waals surface area contributed by atoms with E-state index < -0.39 is 29.6 Å². The Morgan fingerprint density at radius 3 is 2.03 bits per heavy atom. The molecule has 3 N–H and O–H groups in total. The van der Waals surface area contributed by atoms with Crippen molar-refractivity contribution in [1.82, 2.24) is 10.6 Å². The molecule has 7 heteroatoms. The number of carbonyl (C=O) groups excluding carboxylic acids is 2. The van der Waals surface area contributed by atoms with Crippen molar-refractivity contribution < 1.29 is 24.2 Å². The van der Waals surface area contributed by atoms with Crippen LogP contribution in [0.15, 0.2) is 48.5 Å². The summed E-state index contributed by atoms with van der Waals surface area (Å²) in [6.07, 6.45) is 1.75. The zero-order valence-corrected chi connectivity index (χ0v) is 20.1. The number of alkyl carbamates (subject to hydrolysis) is 1. The first kappa shape index (κ1) is 25.3.